The van der Waals surface area contributed by atoms with E-state index >= 15 is 0 Å². The summed E-state index contributed by atoms with van der Waals surface area (Å²) in [6, 6.07) is 0. The van der Waals surface area contributed by atoms with Crippen LogP contribution < -0.4 is 0 Å². The number of hydrogen-bond donors (Lipinski definition) is 1. The Kier molecular flexibility index (Phi) is 65.5. The van der Waals surface area contributed by atoms with Crippen LogP contribution in [0.5, 0.6) is 0 Å². The lowest BCUT2D eigenvalue weighted by Gasteiger charge is -2.25. The van der Waals surface area contributed by atoms with Crippen LogP contribution in [0.15, 0.2) is 36.5 Å². The van der Waals surface area contributed by atoms with E-state index in [4.69, 9.17) is 18.9 Å². The first-order valence-corrected chi connectivity index (χ1v) is 37.2. The molecule has 0 amide bonds. The number of quaternary nitrogens is 1. The number of carboxylic acids is 1. The molecule has 0 spiro atoms. The number of carbonyl (C=O) groups excluding carboxylic acids is 2. The predicted octanol–water partition coefficient (Wildman–Crippen LogP) is 23.1. The van der Waals surface area contributed by atoms with Gasteiger partial charge in [-0.05, 0) is 51.4 Å². The molecular weight excluding hydrogens is 1050 g/mol. The van der Waals surface area contributed by atoms with Crippen molar-refractivity contribution in [3.63, 3.8) is 0 Å². The first kappa shape index (κ1) is 82.5. The van der Waals surface area contributed by atoms with Crippen LogP contribution in [0.3, 0.4) is 0 Å². The molecule has 0 aromatic carbocycles. The number of unbranched alkanes of at least 4 members (excludes halogenated alkanes) is 49. The molecule has 0 saturated carbocycles. The summed E-state index contributed by atoms with van der Waals surface area (Å²) in [6.45, 7) is 4.93. The van der Waals surface area contributed by atoms with Crippen LogP contribution in [0.4, 0.5) is 0 Å². The lowest BCUT2D eigenvalue weighted by atomic mass is 10.0. The van der Waals surface area contributed by atoms with Gasteiger partial charge in [-0.15, -0.1) is 0 Å². The molecule has 0 aliphatic heterocycles. The van der Waals surface area contributed by atoms with E-state index in [0.717, 1.165) is 51.4 Å². The Morgan fingerprint density at radius 2 is 0.635 bits per heavy atom. The van der Waals surface area contributed by atoms with Crippen molar-refractivity contribution in [2.75, 3.05) is 47.5 Å². The Hall–Kier alpha value is -2.49. The van der Waals surface area contributed by atoms with Crippen molar-refractivity contribution in [3.05, 3.63) is 36.5 Å². The lowest BCUT2D eigenvalue weighted by Crippen LogP contribution is -2.40. The summed E-state index contributed by atoms with van der Waals surface area (Å²) in [7, 11) is 5.99. The highest BCUT2D eigenvalue weighted by Crippen LogP contribution is 2.19. The van der Waals surface area contributed by atoms with Crippen LogP contribution in [-0.4, -0.2) is 87.4 Å². The maximum Gasteiger partial charge on any atom is 0.361 e. The Morgan fingerprint density at radius 1 is 0.353 bits per heavy atom. The van der Waals surface area contributed by atoms with Crippen LogP contribution in [0.1, 0.15) is 373 Å². The minimum absolute atomic E-state index is 0.178. The summed E-state index contributed by atoms with van der Waals surface area (Å²) >= 11 is 0. The van der Waals surface area contributed by atoms with Gasteiger partial charge in [-0.25, -0.2) is 4.79 Å². The molecule has 0 saturated heterocycles. The monoisotopic (exact) mass is 1200 g/mol. The molecule has 0 aliphatic carbocycles. The largest absolute Gasteiger partial charge is 0.477 e. The number of esters is 2. The van der Waals surface area contributed by atoms with Gasteiger partial charge in [-0.3, -0.25) is 9.59 Å². The van der Waals surface area contributed by atoms with Crippen molar-refractivity contribution in [2.45, 2.75) is 386 Å². The molecule has 9 nitrogen and oxygen atoms in total. The number of hydrogen-bond acceptors (Lipinski definition) is 7. The van der Waals surface area contributed by atoms with Crippen LogP contribution in [0.25, 0.3) is 0 Å². The predicted molar refractivity (Wildman–Crippen MR) is 364 cm³/mol. The van der Waals surface area contributed by atoms with Crippen molar-refractivity contribution in [1.82, 2.24) is 0 Å². The standard InChI is InChI=1S/C76H143NO8/c1-6-8-10-12-14-16-18-20-22-24-26-28-30-32-34-35-36-37-38-39-41-42-44-46-48-50-52-54-56-58-60-62-64-66-73(78)83-70-72(71-84-76(75(80)81)82-69-68-77(3,4)5)85-74(79)67-65-63-61-59-57-55-53-51-49-47-45-43-40-33-31-29-27-25-23-21-19-17-15-13-11-9-7-2/h19,21,25,27,31,33,72,76H,6-18,20,22-24,26,28-30,32,34-71H2,1-5H3/p+1/b21-19-,27-25-,33-31-. The molecule has 0 aromatic heterocycles. The van der Waals surface area contributed by atoms with Gasteiger partial charge in [0.2, 0.25) is 0 Å². The fourth-order valence-corrected chi connectivity index (χ4v) is 11.2. The van der Waals surface area contributed by atoms with Crippen LogP contribution in [0.2, 0.25) is 0 Å². The highest BCUT2D eigenvalue weighted by Gasteiger charge is 2.25. The van der Waals surface area contributed by atoms with Crippen LogP contribution in [0, 0.1) is 0 Å². The fraction of sp³-hybridized carbons (Fsp3) is 0.882. The molecule has 9 heteroatoms. The van der Waals surface area contributed by atoms with Crippen molar-refractivity contribution < 1.29 is 42.9 Å². The van der Waals surface area contributed by atoms with E-state index in [1.54, 1.807) is 0 Å². The number of ether oxygens (including phenoxy) is 4. The van der Waals surface area contributed by atoms with Gasteiger partial charge in [0.15, 0.2) is 6.10 Å². The van der Waals surface area contributed by atoms with Gasteiger partial charge in [-0.2, -0.15) is 0 Å². The molecule has 0 heterocycles. The molecule has 0 rings (SSSR count). The van der Waals surface area contributed by atoms with Gasteiger partial charge >= 0.3 is 17.9 Å². The zero-order valence-electron chi connectivity index (χ0n) is 57.3. The zero-order valence-corrected chi connectivity index (χ0v) is 57.3. The summed E-state index contributed by atoms with van der Waals surface area (Å²) in [5, 5.41) is 9.75. The fourth-order valence-electron chi connectivity index (χ4n) is 11.2. The molecular formula is C76H144NO8+. The second-order valence-electron chi connectivity index (χ2n) is 26.6. The highest BCUT2D eigenvalue weighted by atomic mass is 16.7. The Balaban J connectivity index is 4.03. The first-order valence-electron chi connectivity index (χ1n) is 37.2. The second kappa shape index (κ2) is 67.4. The maximum atomic E-state index is 13.0. The van der Waals surface area contributed by atoms with Gasteiger partial charge in [0.25, 0.3) is 6.29 Å². The van der Waals surface area contributed by atoms with Crippen molar-refractivity contribution in [3.8, 4) is 0 Å². The van der Waals surface area contributed by atoms with Crippen molar-refractivity contribution >= 4 is 17.9 Å². The van der Waals surface area contributed by atoms with Gasteiger partial charge in [0.1, 0.15) is 13.2 Å². The van der Waals surface area contributed by atoms with E-state index in [9.17, 15) is 19.5 Å². The number of carboxylic acid groups (broad SMARTS) is 1. The summed E-state index contributed by atoms with van der Waals surface area (Å²) in [5.74, 6) is -1.98. The van der Waals surface area contributed by atoms with E-state index in [1.807, 2.05) is 21.1 Å². The van der Waals surface area contributed by atoms with E-state index in [0.29, 0.717) is 17.4 Å². The summed E-state index contributed by atoms with van der Waals surface area (Å²) in [6.07, 6.45) is 82.8. The minimum atomic E-state index is -1.51. The molecule has 1 N–H and O–H groups in total. The SMILES string of the molecule is CCCCCCC/C=C\C/C=C\C/C=C\CCCCCCCCCCCCCCC(=O)OC(COC(=O)CCCCCCCCCCCCCCCCCCCCCCCCCCCCCCCCCCC)COC(OCC[N+](C)(C)C)C(=O)O. The summed E-state index contributed by atoms with van der Waals surface area (Å²) in [4.78, 5) is 37.7. The van der Waals surface area contributed by atoms with E-state index in [1.165, 1.54) is 295 Å². The molecule has 0 aromatic rings. The molecule has 0 radical (unpaired) electrons. The Bertz CT molecular complexity index is 1490. The number of nitrogens with zero attached hydrogens (tertiary/aromatic N) is 1. The number of carbonyl (C=O) groups is 3. The average Bonchev–Trinajstić information content (AvgIpc) is 3.48. The third kappa shape index (κ3) is 68.9. The zero-order chi connectivity index (χ0) is 61.9. The Morgan fingerprint density at radius 3 is 0.941 bits per heavy atom. The molecule has 85 heavy (non-hydrogen) atoms. The van der Waals surface area contributed by atoms with Gasteiger partial charge < -0.3 is 28.5 Å². The third-order valence-corrected chi connectivity index (χ3v) is 16.9. The number of aliphatic carboxylic acids is 1. The molecule has 2 unspecified atom stereocenters. The van der Waals surface area contributed by atoms with Crippen LogP contribution >= 0.6 is 0 Å². The quantitative estimate of drug-likeness (QED) is 0.0211. The number of rotatable bonds is 70. The molecule has 0 fully saturated rings. The average molecular weight is 1200 g/mol. The third-order valence-electron chi connectivity index (χ3n) is 16.9. The minimum Gasteiger partial charge on any atom is -0.477 e. The first-order chi connectivity index (χ1) is 41.6. The summed E-state index contributed by atoms with van der Waals surface area (Å²) < 4.78 is 23.0. The van der Waals surface area contributed by atoms with E-state index in [2.05, 4.69) is 50.3 Å². The smallest absolute Gasteiger partial charge is 0.361 e. The molecule has 500 valence electrons. The van der Waals surface area contributed by atoms with E-state index < -0.39 is 18.4 Å². The molecule has 2 atom stereocenters. The highest BCUT2D eigenvalue weighted by molar-refractivity contribution is 5.71. The second-order valence-corrected chi connectivity index (χ2v) is 26.6. The maximum absolute atomic E-state index is 13.0. The number of likely N-dealkylation sites (N-methyl/N-ethyl adjacent to an activating group) is 1. The van der Waals surface area contributed by atoms with E-state index in [-0.39, 0.29) is 38.2 Å². The van der Waals surface area contributed by atoms with Gasteiger partial charge in [0.05, 0.1) is 34.4 Å². The summed E-state index contributed by atoms with van der Waals surface area (Å²) in [5.41, 5.74) is 0. The Labute approximate surface area is 528 Å². The van der Waals surface area contributed by atoms with Gasteiger partial charge in [-0.1, -0.05) is 346 Å². The van der Waals surface area contributed by atoms with Crippen molar-refractivity contribution in [1.29, 1.82) is 0 Å². The van der Waals surface area contributed by atoms with Crippen LogP contribution in [-0.2, 0) is 33.3 Å². The van der Waals surface area contributed by atoms with Crippen molar-refractivity contribution in [2.24, 2.45) is 0 Å². The van der Waals surface area contributed by atoms with Gasteiger partial charge in [0, 0.05) is 12.8 Å². The topological polar surface area (TPSA) is 108 Å². The lowest BCUT2D eigenvalue weighted by molar-refractivity contribution is -0.870. The molecule has 0 aliphatic rings. The molecule has 0 bridgehead atoms. The number of allylic oxidation sites excluding steroid dienone is 6. The normalized spacial score (nSPS) is 12.8.